The van der Waals surface area contributed by atoms with Gasteiger partial charge in [0.25, 0.3) is 0 Å². The highest BCUT2D eigenvalue weighted by atomic mass is 16.3. The summed E-state index contributed by atoms with van der Waals surface area (Å²) in [6.07, 6.45) is 1.32. The average molecular weight is 290 g/mol. The fourth-order valence-electron chi connectivity index (χ4n) is 1.53. The molecule has 0 aromatic rings. The Morgan fingerprint density at radius 2 is 1.50 bits per heavy atom. The predicted octanol–water partition coefficient (Wildman–Crippen LogP) is 0.253. The minimum absolute atomic E-state index is 0.123. The Kier molecular flexibility index (Phi) is 12.3. The van der Waals surface area contributed by atoms with Crippen LogP contribution in [0, 0.1) is 23.7 Å². The SMILES string of the molecule is CC(CCO)C(C)C(N)=O.CC(CO)CC(C)C(N)=O. The van der Waals surface area contributed by atoms with Crippen LogP contribution in [0.1, 0.15) is 40.5 Å². The molecule has 6 nitrogen and oxygen atoms in total. The van der Waals surface area contributed by atoms with Crippen molar-refractivity contribution in [3.05, 3.63) is 0 Å². The summed E-state index contributed by atoms with van der Waals surface area (Å²) in [6.45, 7) is 7.60. The summed E-state index contributed by atoms with van der Waals surface area (Å²) in [5.74, 6) is -0.486. The minimum Gasteiger partial charge on any atom is -0.396 e. The van der Waals surface area contributed by atoms with Crippen molar-refractivity contribution >= 4 is 11.8 Å². The number of carbonyl (C=O) groups is 2. The van der Waals surface area contributed by atoms with Crippen LogP contribution in [0.4, 0.5) is 0 Å². The predicted molar refractivity (Wildman–Crippen MR) is 78.5 cm³/mol. The molecule has 20 heavy (non-hydrogen) atoms. The Morgan fingerprint density at radius 3 is 1.80 bits per heavy atom. The van der Waals surface area contributed by atoms with E-state index in [-0.39, 0.29) is 48.7 Å². The quantitative estimate of drug-likeness (QED) is 0.511. The summed E-state index contributed by atoms with van der Waals surface area (Å²) in [4.78, 5) is 21.0. The van der Waals surface area contributed by atoms with Gasteiger partial charge in [0.05, 0.1) is 0 Å². The van der Waals surface area contributed by atoms with Crippen LogP contribution >= 0.6 is 0 Å². The fourth-order valence-corrected chi connectivity index (χ4v) is 1.53. The van der Waals surface area contributed by atoms with Gasteiger partial charge in [0.1, 0.15) is 0 Å². The van der Waals surface area contributed by atoms with E-state index in [1.165, 1.54) is 0 Å². The van der Waals surface area contributed by atoms with E-state index in [9.17, 15) is 9.59 Å². The molecular weight excluding hydrogens is 260 g/mol. The summed E-state index contributed by atoms with van der Waals surface area (Å²) < 4.78 is 0. The van der Waals surface area contributed by atoms with Gasteiger partial charge < -0.3 is 21.7 Å². The lowest BCUT2D eigenvalue weighted by molar-refractivity contribution is -0.123. The molecule has 0 aromatic heterocycles. The van der Waals surface area contributed by atoms with E-state index in [1.54, 1.807) is 13.8 Å². The molecule has 0 aliphatic heterocycles. The molecule has 0 rings (SSSR count). The van der Waals surface area contributed by atoms with Gasteiger partial charge in [-0.3, -0.25) is 9.59 Å². The van der Waals surface area contributed by atoms with Crippen molar-refractivity contribution in [2.45, 2.75) is 40.5 Å². The molecule has 0 bridgehead atoms. The standard InChI is InChI=1S/2C7H15NO2/c1-5(4-9)3-6(2)7(8)10;1-5(3-4-9)6(2)7(8)10/h2*5-6,9H,3-4H2,1-2H3,(H2,8,10). The number of aliphatic hydroxyl groups is 2. The number of hydrogen-bond acceptors (Lipinski definition) is 4. The van der Waals surface area contributed by atoms with E-state index in [2.05, 4.69) is 0 Å². The summed E-state index contributed by atoms with van der Waals surface area (Å²) >= 11 is 0. The lowest BCUT2D eigenvalue weighted by Gasteiger charge is -2.14. The van der Waals surface area contributed by atoms with Crippen LogP contribution in [0.5, 0.6) is 0 Å². The molecule has 0 radical (unpaired) electrons. The third kappa shape index (κ3) is 10.8. The zero-order valence-electron chi connectivity index (χ0n) is 13.0. The van der Waals surface area contributed by atoms with E-state index >= 15 is 0 Å². The first kappa shape index (κ1) is 21.2. The Morgan fingerprint density at radius 1 is 1.00 bits per heavy atom. The van der Waals surface area contributed by atoms with Crippen LogP contribution in [-0.2, 0) is 9.59 Å². The molecule has 0 saturated carbocycles. The van der Waals surface area contributed by atoms with Gasteiger partial charge in [0.15, 0.2) is 0 Å². The van der Waals surface area contributed by atoms with Crippen molar-refractivity contribution in [2.24, 2.45) is 35.1 Å². The van der Waals surface area contributed by atoms with Crippen LogP contribution < -0.4 is 11.5 Å². The van der Waals surface area contributed by atoms with Crippen molar-refractivity contribution < 1.29 is 19.8 Å². The van der Waals surface area contributed by atoms with Gasteiger partial charge in [-0.1, -0.05) is 27.7 Å². The smallest absolute Gasteiger partial charge is 0.220 e. The van der Waals surface area contributed by atoms with Crippen molar-refractivity contribution in [2.75, 3.05) is 13.2 Å². The number of rotatable bonds is 8. The van der Waals surface area contributed by atoms with E-state index in [1.807, 2.05) is 13.8 Å². The zero-order chi connectivity index (χ0) is 16.3. The van der Waals surface area contributed by atoms with Gasteiger partial charge in [0, 0.05) is 25.0 Å². The molecule has 0 aliphatic rings. The molecular formula is C14H30N2O4. The van der Waals surface area contributed by atoms with Gasteiger partial charge in [-0.25, -0.2) is 0 Å². The molecule has 0 spiro atoms. The third-order valence-corrected chi connectivity index (χ3v) is 3.44. The zero-order valence-corrected chi connectivity index (χ0v) is 13.0. The number of primary amides is 2. The summed E-state index contributed by atoms with van der Waals surface area (Å²) in [7, 11) is 0. The van der Waals surface area contributed by atoms with Crippen LogP contribution in [-0.4, -0.2) is 35.2 Å². The lowest BCUT2D eigenvalue weighted by Crippen LogP contribution is -2.26. The van der Waals surface area contributed by atoms with Crippen molar-refractivity contribution in [1.29, 1.82) is 0 Å². The molecule has 120 valence electrons. The summed E-state index contributed by atoms with van der Waals surface area (Å²) in [5, 5.41) is 17.1. The number of hydrogen-bond donors (Lipinski definition) is 4. The summed E-state index contributed by atoms with van der Waals surface area (Å²) in [5.41, 5.74) is 10.1. The highest BCUT2D eigenvalue weighted by Gasteiger charge is 2.16. The van der Waals surface area contributed by atoms with E-state index in [4.69, 9.17) is 21.7 Å². The van der Waals surface area contributed by atoms with Crippen molar-refractivity contribution in [3.63, 3.8) is 0 Å². The molecule has 2 amide bonds. The van der Waals surface area contributed by atoms with E-state index in [0.717, 1.165) is 0 Å². The third-order valence-electron chi connectivity index (χ3n) is 3.44. The van der Waals surface area contributed by atoms with E-state index in [0.29, 0.717) is 12.8 Å². The van der Waals surface area contributed by atoms with Gasteiger partial charge in [-0.05, 0) is 24.7 Å². The Hall–Kier alpha value is -1.14. The highest BCUT2D eigenvalue weighted by Crippen LogP contribution is 2.13. The van der Waals surface area contributed by atoms with Gasteiger partial charge in [0.2, 0.25) is 11.8 Å². The second-order valence-electron chi connectivity index (χ2n) is 5.51. The maximum absolute atomic E-state index is 10.6. The van der Waals surface area contributed by atoms with Crippen LogP contribution in [0.15, 0.2) is 0 Å². The molecule has 0 heterocycles. The monoisotopic (exact) mass is 290 g/mol. The second-order valence-corrected chi connectivity index (χ2v) is 5.51. The lowest BCUT2D eigenvalue weighted by atomic mass is 9.93. The average Bonchev–Trinajstić information content (AvgIpc) is 2.38. The van der Waals surface area contributed by atoms with E-state index < -0.39 is 0 Å². The molecule has 0 aromatic carbocycles. The van der Waals surface area contributed by atoms with Crippen LogP contribution in [0.2, 0.25) is 0 Å². The minimum atomic E-state index is -0.291. The second kappa shape index (κ2) is 11.7. The highest BCUT2D eigenvalue weighted by molar-refractivity contribution is 5.76. The molecule has 4 atom stereocenters. The van der Waals surface area contributed by atoms with Crippen molar-refractivity contribution in [3.8, 4) is 0 Å². The number of amides is 2. The van der Waals surface area contributed by atoms with Gasteiger partial charge in [-0.15, -0.1) is 0 Å². The van der Waals surface area contributed by atoms with Crippen LogP contribution in [0.25, 0.3) is 0 Å². The Labute approximate surface area is 121 Å². The number of nitrogens with two attached hydrogens (primary N) is 2. The topological polar surface area (TPSA) is 127 Å². The molecule has 0 aliphatic carbocycles. The van der Waals surface area contributed by atoms with Gasteiger partial charge >= 0.3 is 0 Å². The first-order valence-corrected chi connectivity index (χ1v) is 6.97. The molecule has 0 fully saturated rings. The molecule has 6 heteroatoms. The largest absolute Gasteiger partial charge is 0.396 e. The number of carbonyl (C=O) groups excluding carboxylic acids is 2. The number of aliphatic hydroxyl groups excluding tert-OH is 2. The maximum atomic E-state index is 10.6. The fraction of sp³-hybridized carbons (Fsp3) is 0.857. The Bertz CT molecular complexity index is 284. The first-order chi connectivity index (χ1) is 9.17. The molecule has 4 unspecified atom stereocenters. The first-order valence-electron chi connectivity index (χ1n) is 6.97. The molecule has 0 saturated heterocycles. The summed E-state index contributed by atoms with van der Waals surface area (Å²) in [6, 6.07) is 0. The Balaban J connectivity index is 0. The van der Waals surface area contributed by atoms with Crippen molar-refractivity contribution in [1.82, 2.24) is 0 Å². The van der Waals surface area contributed by atoms with Gasteiger partial charge in [-0.2, -0.15) is 0 Å². The maximum Gasteiger partial charge on any atom is 0.220 e. The van der Waals surface area contributed by atoms with Crippen LogP contribution in [0.3, 0.4) is 0 Å². The normalized spacial score (nSPS) is 16.3. The molecule has 6 N–H and O–H groups in total.